The van der Waals surface area contributed by atoms with E-state index in [9.17, 15) is 0 Å². The molecule has 0 saturated carbocycles. The van der Waals surface area contributed by atoms with Crippen molar-refractivity contribution in [3.8, 4) is 11.5 Å². The monoisotopic (exact) mass is 225 g/mol. The van der Waals surface area contributed by atoms with Gasteiger partial charge in [-0.05, 0) is 30.0 Å². The maximum absolute atomic E-state index is 8.60. The molecule has 1 atom stereocenters. The molecule has 0 radical (unpaired) electrons. The molecule has 0 aliphatic carbocycles. The first-order chi connectivity index (χ1) is 7.71. The second-order valence-electron chi connectivity index (χ2n) is 3.86. The standard InChI is InChI=1S/C12H19NO3/c1-9(8-13-14)6-10-4-5-11(15-2)12(7-10)16-3/h4-5,7,9,13-14H,6,8H2,1-3H3. The van der Waals surface area contributed by atoms with Gasteiger partial charge in [0.25, 0.3) is 0 Å². The SMILES string of the molecule is COc1ccc(CC(C)CNO)cc1OC. The number of benzene rings is 1. The number of hydrogen-bond donors (Lipinski definition) is 2. The van der Waals surface area contributed by atoms with Crippen LogP contribution in [-0.4, -0.2) is 26.0 Å². The summed E-state index contributed by atoms with van der Waals surface area (Å²) in [5, 5.41) is 8.60. The average molecular weight is 225 g/mol. The van der Waals surface area contributed by atoms with Gasteiger partial charge in [0.2, 0.25) is 0 Å². The minimum atomic E-state index is 0.364. The van der Waals surface area contributed by atoms with Gasteiger partial charge in [-0.2, -0.15) is 0 Å². The third kappa shape index (κ3) is 3.40. The van der Waals surface area contributed by atoms with E-state index in [1.165, 1.54) is 5.56 Å². The van der Waals surface area contributed by atoms with Gasteiger partial charge in [0.1, 0.15) is 0 Å². The van der Waals surface area contributed by atoms with E-state index < -0.39 is 0 Å². The van der Waals surface area contributed by atoms with Crippen LogP contribution in [0.3, 0.4) is 0 Å². The summed E-state index contributed by atoms with van der Waals surface area (Å²) in [4.78, 5) is 0. The minimum absolute atomic E-state index is 0.364. The van der Waals surface area contributed by atoms with E-state index >= 15 is 0 Å². The van der Waals surface area contributed by atoms with Crippen molar-refractivity contribution in [2.75, 3.05) is 20.8 Å². The van der Waals surface area contributed by atoms with E-state index in [-0.39, 0.29) is 0 Å². The molecule has 0 aromatic heterocycles. The second-order valence-corrected chi connectivity index (χ2v) is 3.86. The zero-order valence-corrected chi connectivity index (χ0v) is 9.99. The van der Waals surface area contributed by atoms with Crippen LogP contribution in [0.25, 0.3) is 0 Å². The smallest absolute Gasteiger partial charge is 0.160 e. The normalized spacial score (nSPS) is 12.2. The number of hydroxylamine groups is 1. The summed E-state index contributed by atoms with van der Waals surface area (Å²) < 4.78 is 10.4. The molecule has 0 aliphatic rings. The maximum Gasteiger partial charge on any atom is 0.160 e. The number of hydrogen-bond acceptors (Lipinski definition) is 4. The third-order valence-electron chi connectivity index (χ3n) is 2.47. The number of ether oxygens (including phenoxy) is 2. The van der Waals surface area contributed by atoms with Gasteiger partial charge in [-0.15, -0.1) is 0 Å². The van der Waals surface area contributed by atoms with Crippen LogP contribution in [-0.2, 0) is 6.42 Å². The molecule has 1 aromatic rings. The van der Waals surface area contributed by atoms with Crippen molar-refractivity contribution < 1.29 is 14.7 Å². The molecule has 0 bridgehead atoms. The molecule has 0 heterocycles. The molecular formula is C12H19NO3. The van der Waals surface area contributed by atoms with Crippen molar-refractivity contribution in [2.45, 2.75) is 13.3 Å². The Morgan fingerprint density at radius 2 is 1.94 bits per heavy atom. The molecule has 4 heteroatoms. The highest BCUT2D eigenvalue weighted by molar-refractivity contribution is 5.42. The van der Waals surface area contributed by atoms with Crippen LogP contribution in [0.4, 0.5) is 0 Å². The molecule has 0 saturated heterocycles. The quantitative estimate of drug-likeness (QED) is 0.726. The van der Waals surface area contributed by atoms with E-state index in [1.807, 2.05) is 18.2 Å². The Labute approximate surface area is 96.1 Å². The lowest BCUT2D eigenvalue weighted by molar-refractivity contribution is 0.151. The van der Waals surface area contributed by atoms with Crippen molar-refractivity contribution >= 4 is 0 Å². The Kier molecular flexibility index (Phi) is 5.08. The molecule has 90 valence electrons. The molecule has 0 amide bonds. The average Bonchev–Trinajstić information content (AvgIpc) is 2.29. The highest BCUT2D eigenvalue weighted by atomic mass is 16.5. The maximum atomic E-state index is 8.60. The Morgan fingerprint density at radius 3 is 2.50 bits per heavy atom. The predicted octanol–water partition coefficient (Wildman–Crippen LogP) is 1.86. The molecule has 16 heavy (non-hydrogen) atoms. The molecule has 1 unspecified atom stereocenters. The fraction of sp³-hybridized carbons (Fsp3) is 0.500. The molecule has 2 N–H and O–H groups in total. The second kappa shape index (κ2) is 6.35. The van der Waals surface area contributed by atoms with Crippen LogP contribution in [0.5, 0.6) is 11.5 Å². The van der Waals surface area contributed by atoms with E-state index in [0.717, 1.165) is 17.9 Å². The summed E-state index contributed by atoms with van der Waals surface area (Å²) >= 11 is 0. The van der Waals surface area contributed by atoms with Gasteiger partial charge in [-0.25, -0.2) is 5.48 Å². The summed E-state index contributed by atoms with van der Waals surface area (Å²) in [6.45, 7) is 2.65. The van der Waals surface area contributed by atoms with Crippen LogP contribution in [0, 0.1) is 5.92 Å². The van der Waals surface area contributed by atoms with Crippen molar-refractivity contribution in [1.82, 2.24) is 5.48 Å². The van der Waals surface area contributed by atoms with E-state index in [0.29, 0.717) is 12.5 Å². The number of nitrogens with one attached hydrogen (secondary N) is 1. The minimum Gasteiger partial charge on any atom is -0.493 e. The summed E-state index contributed by atoms with van der Waals surface area (Å²) in [6.07, 6.45) is 0.883. The molecular weight excluding hydrogens is 206 g/mol. The molecule has 0 spiro atoms. The lowest BCUT2D eigenvalue weighted by Gasteiger charge is -2.12. The van der Waals surface area contributed by atoms with Crippen molar-refractivity contribution in [3.63, 3.8) is 0 Å². The van der Waals surface area contributed by atoms with Crippen molar-refractivity contribution in [1.29, 1.82) is 0 Å². The van der Waals surface area contributed by atoms with E-state index in [4.69, 9.17) is 14.7 Å². The lowest BCUT2D eigenvalue weighted by Crippen LogP contribution is -2.18. The third-order valence-corrected chi connectivity index (χ3v) is 2.47. The van der Waals surface area contributed by atoms with Gasteiger partial charge < -0.3 is 14.7 Å². The van der Waals surface area contributed by atoms with Crippen LogP contribution in [0.1, 0.15) is 12.5 Å². The molecule has 4 nitrogen and oxygen atoms in total. The Bertz CT molecular complexity index is 328. The van der Waals surface area contributed by atoms with E-state index in [1.54, 1.807) is 14.2 Å². The molecule has 0 fully saturated rings. The Balaban J connectivity index is 2.74. The Morgan fingerprint density at radius 1 is 1.25 bits per heavy atom. The van der Waals surface area contributed by atoms with Gasteiger partial charge >= 0.3 is 0 Å². The summed E-state index contributed by atoms with van der Waals surface area (Å²) in [5.74, 6) is 1.84. The Hall–Kier alpha value is -1.26. The largest absolute Gasteiger partial charge is 0.493 e. The fourth-order valence-corrected chi connectivity index (χ4v) is 1.64. The highest BCUT2D eigenvalue weighted by Gasteiger charge is 2.07. The van der Waals surface area contributed by atoms with Gasteiger partial charge in [0.05, 0.1) is 14.2 Å². The first-order valence-electron chi connectivity index (χ1n) is 5.29. The first kappa shape index (κ1) is 12.8. The van der Waals surface area contributed by atoms with Crippen molar-refractivity contribution in [3.05, 3.63) is 23.8 Å². The van der Waals surface area contributed by atoms with Gasteiger partial charge in [-0.3, -0.25) is 0 Å². The number of rotatable bonds is 6. The predicted molar refractivity (Wildman–Crippen MR) is 62.2 cm³/mol. The molecule has 0 aliphatic heterocycles. The summed E-state index contributed by atoms with van der Waals surface area (Å²) in [5.41, 5.74) is 3.35. The summed E-state index contributed by atoms with van der Waals surface area (Å²) in [7, 11) is 3.25. The molecule has 1 aromatic carbocycles. The molecule has 1 rings (SSSR count). The van der Waals surface area contributed by atoms with Crippen LogP contribution in [0.15, 0.2) is 18.2 Å². The number of methoxy groups -OCH3 is 2. The zero-order valence-electron chi connectivity index (χ0n) is 9.99. The van der Waals surface area contributed by atoms with Crippen molar-refractivity contribution in [2.24, 2.45) is 5.92 Å². The van der Waals surface area contributed by atoms with Gasteiger partial charge in [-0.1, -0.05) is 13.0 Å². The van der Waals surface area contributed by atoms with Crippen LogP contribution >= 0.6 is 0 Å². The highest BCUT2D eigenvalue weighted by Crippen LogP contribution is 2.28. The van der Waals surface area contributed by atoms with Crippen LogP contribution < -0.4 is 15.0 Å². The topological polar surface area (TPSA) is 50.7 Å². The summed E-state index contributed by atoms with van der Waals surface area (Å²) in [6, 6.07) is 5.87. The lowest BCUT2D eigenvalue weighted by atomic mass is 10.0. The first-order valence-corrected chi connectivity index (χ1v) is 5.29. The zero-order chi connectivity index (χ0) is 12.0. The van der Waals surface area contributed by atoms with Gasteiger partial charge in [0, 0.05) is 6.54 Å². The van der Waals surface area contributed by atoms with E-state index in [2.05, 4.69) is 12.4 Å². The van der Waals surface area contributed by atoms with Crippen LogP contribution in [0.2, 0.25) is 0 Å². The fourth-order valence-electron chi connectivity index (χ4n) is 1.64. The van der Waals surface area contributed by atoms with Gasteiger partial charge in [0.15, 0.2) is 11.5 Å².